The van der Waals surface area contributed by atoms with Gasteiger partial charge in [-0.25, -0.2) is 0 Å². The summed E-state index contributed by atoms with van der Waals surface area (Å²) in [5.74, 6) is -0.317. The number of phenols is 1. The predicted octanol–water partition coefficient (Wildman–Crippen LogP) is 1.79. The van der Waals surface area contributed by atoms with E-state index in [1.165, 1.54) is 24.6 Å². The Kier molecular flexibility index (Phi) is 5.42. The Labute approximate surface area is 155 Å². The van der Waals surface area contributed by atoms with Crippen molar-refractivity contribution >= 4 is 17.5 Å². The summed E-state index contributed by atoms with van der Waals surface area (Å²) in [6.07, 6.45) is 2.96. The van der Waals surface area contributed by atoms with Gasteiger partial charge in [-0.2, -0.15) is 5.26 Å². The standard InChI is InChI=1S/C19H18N4O4/c20-12-14(18(25)21-15-3-5-16(24)6-4-15)13-22-7-9-23(10-8-22)19(26)17-2-1-11-27-17/h1-6,11,13,24H,7-10H2,(H,21,25)/b14-13-. The monoisotopic (exact) mass is 366 g/mol. The summed E-state index contributed by atoms with van der Waals surface area (Å²) in [5.41, 5.74) is 0.446. The molecule has 8 nitrogen and oxygen atoms in total. The fraction of sp³-hybridized carbons (Fsp3) is 0.211. The number of nitrogens with zero attached hydrogens (tertiary/aromatic N) is 3. The van der Waals surface area contributed by atoms with Crippen LogP contribution in [0, 0.1) is 11.3 Å². The molecule has 1 fully saturated rings. The summed E-state index contributed by atoms with van der Waals surface area (Å²) in [5, 5.41) is 21.2. The van der Waals surface area contributed by atoms with Gasteiger partial charge < -0.3 is 24.6 Å². The van der Waals surface area contributed by atoms with E-state index >= 15 is 0 Å². The zero-order valence-electron chi connectivity index (χ0n) is 14.5. The minimum absolute atomic E-state index is 0.0334. The average Bonchev–Trinajstić information content (AvgIpc) is 3.22. The van der Waals surface area contributed by atoms with Gasteiger partial charge in [-0.1, -0.05) is 0 Å². The summed E-state index contributed by atoms with van der Waals surface area (Å²) < 4.78 is 5.12. The average molecular weight is 366 g/mol. The van der Waals surface area contributed by atoms with E-state index in [9.17, 15) is 20.0 Å². The van der Waals surface area contributed by atoms with Crippen molar-refractivity contribution in [1.82, 2.24) is 9.80 Å². The number of nitrogens with one attached hydrogen (secondary N) is 1. The lowest BCUT2D eigenvalue weighted by Gasteiger charge is -2.33. The minimum Gasteiger partial charge on any atom is -0.508 e. The van der Waals surface area contributed by atoms with Crippen LogP contribution in [0.2, 0.25) is 0 Å². The molecule has 1 aromatic carbocycles. The van der Waals surface area contributed by atoms with Gasteiger partial charge in [-0.15, -0.1) is 0 Å². The van der Waals surface area contributed by atoms with Crippen molar-refractivity contribution in [2.75, 3.05) is 31.5 Å². The molecule has 0 bridgehead atoms. The van der Waals surface area contributed by atoms with Gasteiger partial charge in [0.1, 0.15) is 17.4 Å². The lowest BCUT2D eigenvalue weighted by molar-refractivity contribution is -0.112. The van der Waals surface area contributed by atoms with E-state index in [0.29, 0.717) is 37.6 Å². The second-order valence-electron chi connectivity index (χ2n) is 5.96. The molecule has 1 saturated heterocycles. The van der Waals surface area contributed by atoms with Crippen molar-refractivity contribution in [3.8, 4) is 11.8 Å². The molecule has 2 amide bonds. The molecule has 1 aliphatic rings. The van der Waals surface area contributed by atoms with Gasteiger partial charge in [0.2, 0.25) is 0 Å². The minimum atomic E-state index is -0.530. The van der Waals surface area contributed by atoms with Crippen LogP contribution in [0.4, 0.5) is 5.69 Å². The number of carbonyl (C=O) groups excluding carboxylic acids is 2. The Morgan fingerprint density at radius 3 is 2.44 bits per heavy atom. The number of anilines is 1. The highest BCUT2D eigenvalue weighted by atomic mass is 16.3. The normalized spacial score (nSPS) is 14.6. The lowest BCUT2D eigenvalue weighted by atomic mass is 10.2. The number of amides is 2. The number of phenolic OH excluding ortho intramolecular Hbond substituents is 1. The summed E-state index contributed by atoms with van der Waals surface area (Å²) >= 11 is 0. The van der Waals surface area contributed by atoms with E-state index in [4.69, 9.17) is 4.42 Å². The topological polar surface area (TPSA) is 110 Å². The highest BCUT2D eigenvalue weighted by Crippen LogP contribution is 2.15. The zero-order chi connectivity index (χ0) is 19.2. The van der Waals surface area contributed by atoms with Crippen LogP contribution in [0.5, 0.6) is 5.75 Å². The molecule has 2 heterocycles. The highest BCUT2D eigenvalue weighted by Gasteiger charge is 2.23. The quantitative estimate of drug-likeness (QED) is 0.485. The van der Waals surface area contributed by atoms with Crippen LogP contribution in [-0.4, -0.2) is 52.9 Å². The molecule has 138 valence electrons. The van der Waals surface area contributed by atoms with Gasteiger partial charge in [-0.3, -0.25) is 9.59 Å². The first-order valence-corrected chi connectivity index (χ1v) is 8.36. The summed E-state index contributed by atoms with van der Waals surface area (Å²) in [6.45, 7) is 1.94. The van der Waals surface area contributed by atoms with Gasteiger partial charge in [-0.05, 0) is 36.4 Å². The lowest BCUT2D eigenvalue weighted by Crippen LogP contribution is -2.47. The van der Waals surface area contributed by atoms with Crippen LogP contribution in [-0.2, 0) is 4.79 Å². The first kappa shape index (κ1) is 18.1. The third-order valence-electron chi connectivity index (χ3n) is 4.14. The van der Waals surface area contributed by atoms with E-state index in [2.05, 4.69) is 5.32 Å². The van der Waals surface area contributed by atoms with E-state index in [0.717, 1.165) is 0 Å². The summed E-state index contributed by atoms with van der Waals surface area (Å²) in [7, 11) is 0. The van der Waals surface area contributed by atoms with Gasteiger partial charge in [0.15, 0.2) is 5.76 Å². The van der Waals surface area contributed by atoms with Gasteiger partial charge in [0.25, 0.3) is 11.8 Å². The number of nitriles is 1. The molecule has 8 heteroatoms. The molecule has 2 aromatic rings. The molecule has 0 spiro atoms. The number of aromatic hydroxyl groups is 1. The third-order valence-corrected chi connectivity index (χ3v) is 4.14. The van der Waals surface area contributed by atoms with Crippen molar-refractivity contribution in [2.45, 2.75) is 0 Å². The molecular weight excluding hydrogens is 348 g/mol. The Balaban J connectivity index is 1.58. The summed E-state index contributed by atoms with van der Waals surface area (Å²) in [6, 6.07) is 11.2. The predicted molar refractivity (Wildman–Crippen MR) is 96.6 cm³/mol. The van der Waals surface area contributed by atoms with Crippen LogP contribution >= 0.6 is 0 Å². The van der Waals surface area contributed by atoms with E-state index in [1.54, 1.807) is 29.2 Å². The number of furan rings is 1. The summed E-state index contributed by atoms with van der Waals surface area (Å²) in [4.78, 5) is 28.0. The van der Waals surface area contributed by atoms with Crippen LogP contribution in [0.3, 0.4) is 0 Å². The van der Waals surface area contributed by atoms with Crippen molar-refractivity contribution < 1.29 is 19.1 Å². The Hall–Kier alpha value is -3.73. The molecule has 1 aromatic heterocycles. The smallest absolute Gasteiger partial charge is 0.289 e. The van der Waals surface area contributed by atoms with Crippen molar-refractivity contribution in [2.24, 2.45) is 0 Å². The number of benzene rings is 1. The molecule has 2 N–H and O–H groups in total. The number of hydrogen-bond acceptors (Lipinski definition) is 6. The maximum atomic E-state index is 12.3. The van der Waals surface area contributed by atoms with Gasteiger partial charge >= 0.3 is 0 Å². The maximum Gasteiger partial charge on any atom is 0.289 e. The van der Waals surface area contributed by atoms with Crippen LogP contribution in [0.1, 0.15) is 10.6 Å². The van der Waals surface area contributed by atoms with E-state index in [-0.39, 0.29) is 17.2 Å². The molecule has 0 unspecified atom stereocenters. The van der Waals surface area contributed by atoms with Gasteiger partial charge in [0.05, 0.1) is 6.26 Å². The van der Waals surface area contributed by atoms with Gasteiger partial charge in [0, 0.05) is 38.1 Å². The van der Waals surface area contributed by atoms with Crippen LogP contribution < -0.4 is 5.32 Å². The first-order valence-electron chi connectivity index (χ1n) is 8.36. The van der Waals surface area contributed by atoms with Crippen LogP contribution in [0.25, 0.3) is 0 Å². The largest absolute Gasteiger partial charge is 0.508 e. The molecule has 0 atom stereocenters. The fourth-order valence-corrected chi connectivity index (χ4v) is 2.67. The number of carbonyl (C=O) groups is 2. The number of rotatable bonds is 4. The van der Waals surface area contributed by atoms with E-state index < -0.39 is 5.91 Å². The number of hydrogen-bond donors (Lipinski definition) is 2. The Morgan fingerprint density at radius 2 is 1.85 bits per heavy atom. The van der Waals surface area contributed by atoms with Crippen LogP contribution in [0.15, 0.2) is 58.9 Å². The highest BCUT2D eigenvalue weighted by molar-refractivity contribution is 6.06. The first-order chi connectivity index (χ1) is 13.1. The van der Waals surface area contributed by atoms with Crippen molar-refractivity contribution in [3.63, 3.8) is 0 Å². The molecule has 1 aliphatic heterocycles. The molecule has 0 aliphatic carbocycles. The number of piperazine rings is 1. The molecule has 0 saturated carbocycles. The zero-order valence-corrected chi connectivity index (χ0v) is 14.5. The second kappa shape index (κ2) is 8.10. The molecule has 27 heavy (non-hydrogen) atoms. The second-order valence-corrected chi connectivity index (χ2v) is 5.96. The molecule has 3 rings (SSSR count). The third kappa shape index (κ3) is 4.46. The Bertz CT molecular complexity index is 873. The molecular formula is C19H18N4O4. The van der Waals surface area contributed by atoms with Crippen molar-refractivity contribution in [1.29, 1.82) is 5.26 Å². The molecule has 0 radical (unpaired) electrons. The van der Waals surface area contributed by atoms with E-state index in [1.807, 2.05) is 11.0 Å². The Morgan fingerprint density at radius 1 is 1.15 bits per heavy atom. The SMILES string of the molecule is N#C/C(=C/N1CCN(C(=O)c2ccco2)CC1)C(=O)Nc1ccc(O)cc1. The fourth-order valence-electron chi connectivity index (χ4n) is 2.67. The maximum absolute atomic E-state index is 12.3. The van der Waals surface area contributed by atoms with Crippen molar-refractivity contribution in [3.05, 3.63) is 60.2 Å².